The standard InChI is InChI=1S/C14H28N2O/c1-2-13-11-17-9-8-16(13)14-7-5-3-4-6-12(14)10-15/h12-14H,2-11,15H2,1H3. The molecular weight excluding hydrogens is 212 g/mol. The number of hydrogen-bond acceptors (Lipinski definition) is 3. The van der Waals surface area contributed by atoms with E-state index in [-0.39, 0.29) is 0 Å². The third kappa shape index (κ3) is 3.21. The Balaban J connectivity index is 2.04. The summed E-state index contributed by atoms with van der Waals surface area (Å²) in [7, 11) is 0. The third-order valence-electron chi connectivity index (χ3n) is 4.59. The van der Waals surface area contributed by atoms with E-state index in [9.17, 15) is 0 Å². The quantitative estimate of drug-likeness (QED) is 0.767. The smallest absolute Gasteiger partial charge is 0.0622 e. The van der Waals surface area contributed by atoms with Crippen LogP contribution in [-0.4, -0.2) is 43.3 Å². The van der Waals surface area contributed by atoms with Crippen molar-refractivity contribution in [3.63, 3.8) is 0 Å². The monoisotopic (exact) mass is 240 g/mol. The van der Waals surface area contributed by atoms with E-state index in [0.29, 0.717) is 12.0 Å². The van der Waals surface area contributed by atoms with Gasteiger partial charge in [0.2, 0.25) is 0 Å². The van der Waals surface area contributed by atoms with Crippen LogP contribution in [0.5, 0.6) is 0 Å². The fourth-order valence-electron chi connectivity index (χ4n) is 3.53. The Bertz CT molecular complexity index is 222. The molecule has 17 heavy (non-hydrogen) atoms. The molecule has 0 aromatic carbocycles. The van der Waals surface area contributed by atoms with E-state index in [2.05, 4.69) is 11.8 Å². The lowest BCUT2D eigenvalue weighted by molar-refractivity contribution is -0.0432. The van der Waals surface area contributed by atoms with E-state index in [1.807, 2.05) is 0 Å². The highest BCUT2D eigenvalue weighted by atomic mass is 16.5. The number of ether oxygens (including phenoxy) is 1. The average molecular weight is 240 g/mol. The van der Waals surface area contributed by atoms with Gasteiger partial charge in [-0.15, -0.1) is 0 Å². The third-order valence-corrected chi connectivity index (χ3v) is 4.59. The van der Waals surface area contributed by atoms with Crippen LogP contribution in [0.1, 0.15) is 45.4 Å². The predicted molar refractivity (Wildman–Crippen MR) is 71.0 cm³/mol. The molecule has 1 saturated heterocycles. The first-order valence-corrected chi connectivity index (χ1v) is 7.40. The Kier molecular flexibility index (Phi) is 5.26. The summed E-state index contributed by atoms with van der Waals surface area (Å²) in [4.78, 5) is 2.71. The first-order valence-electron chi connectivity index (χ1n) is 7.40. The predicted octanol–water partition coefficient (Wildman–Crippen LogP) is 2.00. The molecule has 1 heterocycles. The molecule has 1 saturated carbocycles. The van der Waals surface area contributed by atoms with Crippen molar-refractivity contribution in [2.75, 3.05) is 26.3 Å². The van der Waals surface area contributed by atoms with Gasteiger partial charge in [-0.05, 0) is 31.7 Å². The van der Waals surface area contributed by atoms with Gasteiger partial charge in [0, 0.05) is 18.6 Å². The van der Waals surface area contributed by atoms with Crippen molar-refractivity contribution in [1.82, 2.24) is 4.90 Å². The number of hydrogen-bond donors (Lipinski definition) is 1. The zero-order chi connectivity index (χ0) is 12.1. The SMILES string of the molecule is CCC1COCCN1C1CCCCCC1CN. The van der Waals surface area contributed by atoms with Gasteiger partial charge in [-0.1, -0.05) is 26.2 Å². The lowest BCUT2D eigenvalue weighted by Crippen LogP contribution is -2.53. The lowest BCUT2D eigenvalue weighted by Gasteiger charge is -2.43. The summed E-state index contributed by atoms with van der Waals surface area (Å²) in [6, 6.07) is 1.34. The summed E-state index contributed by atoms with van der Waals surface area (Å²) in [5.41, 5.74) is 6.00. The van der Waals surface area contributed by atoms with Crippen LogP contribution >= 0.6 is 0 Å². The van der Waals surface area contributed by atoms with E-state index in [4.69, 9.17) is 10.5 Å². The molecule has 2 aliphatic rings. The van der Waals surface area contributed by atoms with Crippen molar-refractivity contribution in [2.45, 2.75) is 57.5 Å². The topological polar surface area (TPSA) is 38.5 Å². The van der Waals surface area contributed by atoms with Crippen LogP contribution in [0.2, 0.25) is 0 Å². The van der Waals surface area contributed by atoms with Gasteiger partial charge in [0.15, 0.2) is 0 Å². The molecule has 0 aromatic rings. The maximum atomic E-state index is 6.00. The summed E-state index contributed by atoms with van der Waals surface area (Å²) >= 11 is 0. The second-order valence-corrected chi connectivity index (χ2v) is 5.58. The molecular formula is C14H28N2O. The van der Waals surface area contributed by atoms with Gasteiger partial charge in [-0.2, -0.15) is 0 Å². The van der Waals surface area contributed by atoms with Gasteiger partial charge in [0.1, 0.15) is 0 Å². The van der Waals surface area contributed by atoms with Gasteiger partial charge in [0.25, 0.3) is 0 Å². The number of morpholine rings is 1. The zero-order valence-electron chi connectivity index (χ0n) is 11.2. The molecule has 3 nitrogen and oxygen atoms in total. The highest BCUT2D eigenvalue weighted by molar-refractivity contribution is 4.87. The molecule has 2 N–H and O–H groups in total. The lowest BCUT2D eigenvalue weighted by atomic mass is 9.91. The van der Waals surface area contributed by atoms with E-state index < -0.39 is 0 Å². The first-order chi connectivity index (χ1) is 8.36. The fraction of sp³-hybridized carbons (Fsp3) is 1.00. The van der Waals surface area contributed by atoms with E-state index in [1.54, 1.807) is 0 Å². The van der Waals surface area contributed by atoms with Crippen molar-refractivity contribution in [3.05, 3.63) is 0 Å². The van der Waals surface area contributed by atoms with Crippen molar-refractivity contribution in [2.24, 2.45) is 11.7 Å². The van der Waals surface area contributed by atoms with Gasteiger partial charge >= 0.3 is 0 Å². The summed E-state index contributed by atoms with van der Waals surface area (Å²) in [5, 5.41) is 0. The summed E-state index contributed by atoms with van der Waals surface area (Å²) in [6.07, 6.45) is 8.03. The molecule has 3 atom stereocenters. The van der Waals surface area contributed by atoms with Crippen LogP contribution < -0.4 is 5.73 Å². The second-order valence-electron chi connectivity index (χ2n) is 5.58. The van der Waals surface area contributed by atoms with Crippen LogP contribution in [0.4, 0.5) is 0 Å². The number of rotatable bonds is 3. The van der Waals surface area contributed by atoms with Gasteiger partial charge < -0.3 is 10.5 Å². The highest BCUT2D eigenvalue weighted by Crippen LogP contribution is 2.29. The fourth-order valence-corrected chi connectivity index (χ4v) is 3.53. The summed E-state index contributed by atoms with van der Waals surface area (Å²) in [5.74, 6) is 0.713. The number of nitrogens with two attached hydrogens (primary N) is 1. The molecule has 1 aliphatic carbocycles. The highest BCUT2D eigenvalue weighted by Gasteiger charge is 2.33. The van der Waals surface area contributed by atoms with Gasteiger partial charge in [-0.3, -0.25) is 4.90 Å². The molecule has 0 amide bonds. The molecule has 3 heteroatoms. The van der Waals surface area contributed by atoms with Crippen molar-refractivity contribution in [1.29, 1.82) is 0 Å². The Hall–Kier alpha value is -0.120. The average Bonchev–Trinajstić information content (AvgIpc) is 2.63. The largest absolute Gasteiger partial charge is 0.378 e. The molecule has 2 fully saturated rings. The summed E-state index contributed by atoms with van der Waals surface area (Å²) in [6.45, 7) is 6.08. The molecule has 0 spiro atoms. The van der Waals surface area contributed by atoms with Crippen molar-refractivity contribution >= 4 is 0 Å². The maximum Gasteiger partial charge on any atom is 0.0622 e. The van der Waals surface area contributed by atoms with Crippen LogP contribution in [-0.2, 0) is 4.74 Å². The zero-order valence-corrected chi connectivity index (χ0v) is 11.2. The van der Waals surface area contributed by atoms with Crippen molar-refractivity contribution < 1.29 is 4.74 Å². The minimum Gasteiger partial charge on any atom is -0.378 e. The second kappa shape index (κ2) is 6.72. The van der Waals surface area contributed by atoms with Crippen LogP contribution in [0.25, 0.3) is 0 Å². The molecule has 100 valence electrons. The Morgan fingerprint density at radius 3 is 2.82 bits per heavy atom. The Morgan fingerprint density at radius 1 is 1.24 bits per heavy atom. The molecule has 0 aromatic heterocycles. The minimum absolute atomic E-state index is 0.626. The Labute approximate surface area is 106 Å². The normalized spacial score (nSPS) is 36.7. The van der Waals surface area contributed by atoms with Gasteiger partial charge in [0.05, 0.1) is 13.2 Å². The molecule has 3 unspecified atom stereocenters. The van der Waals surface area contributed by atoms with Crippen LogP contribution in [0.3, 0.4) is 0 Å². The minimum atomic E-state index is 0.626. The van der Waals surface area contributed by atoms with Crippen LogP contribution in [0.15, 0.2) is 0 Å². The maximum absolute atomic E-state index is 6.00. The van der Waals surface area contributed by atoms with E-state index in [1.165, 1.54) is 38.5 Å². The molecule has 0 radical (unpaired) electrons. The Morgan fingerprint density at radius 2 is 2.06 bits per heavy atom. The van der Waals surface area contributed by atoms with E-state index in [0.717, 1.165) is 32.3 Å². The van der Waals surface area contributed by atoms with E-state index >= 15 is 0 Å². The molecule has 1 aliphatic heterocycles. The molecule has 2 rings (SSSR count). The van der Waals surface area contributed by atoms with Crippen molar-refractivity contribution in [3.8, 4) is 0 Å². The summed E-state index contributed by atoms with van der Waals surface area (Å²) < 4.78 is 5.62. The van der Waals surface area contributed by atoms with Gasteiger partial charge in [-0.25, -0.2) is 0 Å². The molecule has 0 bridgehead atoms. The number of nitrogens with zero attached hydrogens (tertiary/aromatic N) is 1. The van der Waals surface area contributed by atoms with Crippen LogP contribution in [0, 0.1) is 5.92 Å². The first kappa shape index (κ1) is 13.3.